The van der Waals surface area contributed by atoms with Crippen LogP contribution in [0.15, 0.2) is 0 Å². The number of carboxylic acids is 1. The Bertz CT molecular complexity index is 371. The van der Waals surface area contributed by atoms with Gasteiger partial charge in [-0.3, -0.25) is 0 Å². The van der Waals surface area contributed by atoms with Gasteiger partial charge in [-0.2, -0.15) is 13.2 Å². The lowest BCUT2D eigenvalue weighted by Gasteiger charge is -2.34. The molecule has 0 spiro atoms. The minimum absolute atomic E-state index is 0.000179. The van der Waals surface area contributed by atoms with Crippen LogP contribution >= 0.6 is 0 Å². The van der Waals surface area contributed by atoms with Crippen LogP contribution in [0.1, 0.15) is 26.7 Å². The first kappa shape index (κ1) is 16.6. The van der Waals surface area contributed by atoms with Crippen LogP contribution < -0.4 is 5.32 Å². The van der Waals surface area contributed by atoms with Crippen molar-refractivity contribution in [3.8, 4) is 0 Å². The van der Waals surface area contributed by atoms with Gasteiger partial charge in [-0.05, 0) is 18.8 Å². The summed E-state index contributed by atoms with van der Waals surface area (Å²) in [6, 6.07) is -1.85. The van der Waals surface area contributed by atoms with Crippen LogP contribution in [0.5, 0.6) is 0 Å². The Balaban J connectivity index is 2.65. The number of carbonyl (C=O) groups is 2. The summed E-state index contributed by atoms with van der Waals surface area (Å²) in [6.07, 6.45) is -4.07. The van der Waals surface area contributed by atoms with Crippen molar-refractivity contribution in [1.82, 2.24) is 10.2 Å². The van der Waals surface area contributed by atoms with Crippen LogP contribution in [0.4, 0.5) is 18.0 Å². The quantitative estimate of drug-likeness (QED) is 0.837. The summed E-state index contributed by atoms with van der Waals surface area (Å²) in [7, 11) is 0. The van der Waals surface area contributed by atoms with Crippen LogP contribution in [-0.2, 0) is 4.79 Å². The van der Waals surface area contributed by atoms with Crippen LogP contribution in [-0.4, -0.2) is 47.3 Å². The number of nitrogens with one attached hydrogen (secondary N) is 1. The molecule has 1 aliphatic rings. The van der Waals surface area contributed by atoms with E-state index >= 15 is 0 Å². The number of piperidine rings is 1. The summed E-state index contributed by atoms with van der Waals surface area (Å²) in [5.41, 5.74) is 0. The molecule has 0 aromatic heterocycles. The Morgan fingerprint density at radius 3 is 2.40 bits per heavy atom. The molecule has 1 saturated heterocycles. The van der Waals surface area contributed by atoms with E-state index in [1.165, 1.54) is 0 Å². The Labute approximate surface area is 115 Å². The topological polar surface area (TPSA) is 69.6 Å². The molecule has 116 valence electrons. The monoisotopic (exact) mass is 296 g/mol. The summed E-state index contributed by atoms with van der Waals surface area (Å²) in [4.78, 5) is 23.9. The van der Waals surface area contributed by atoms with Crippen LogP contribution in [0, 0.1) is 11.8 Å². The van der Waals surface area contributed by atoms with Gasteiger partial charge in [-0.25, -0.2) is 9.59 Å². The number of halogens is 3. The maximum atomic E-state index is 12.6. The molecule has 1 rings (SSSR count). The minimum atomic E-state index is -4.33. The number of hydrogen-bond acceptors (Lipinski definition) is 2. The molecule has 0 saturated carbocycles. The molecule has 5 nitrogen and oxygen atoms in total. The van der Waals surface area contributed by atoms with Gasteiger partial charge >= 0.3 is 18.2 Å². The van der Waals surface area contributed by atoms with Gasteiger partial charge in [-0.15, -0.1) is 0 Å². The number of carboxylic acid groups (broad SMARTS) is 1. The summed E-state index contributed by atoms with van der Waals surface area (Å²) in [5, 5.41) is 11.2. The van der Waals surface area contributed by atoms with Crippen molar-refractivity contribution in [1.29, 1.82) is 0 Å². The van der Waals surface area contributed by atoms with Crippen molar-refractivity contribution in [3.05, 3.63) is 0 Å². The van der Waals surface area contributed by atoms with Gasteiger partial charge in [0.25, 0.3) is 0 Å². The van der Waals surface area contributed by atoms with E-state index in [1.807, 2.05) is 0 Å². The fraction of sp³-hybridized carbons (Fsp3) is 0.833. The molecule has 0 aromatic carbocycles. The van der Waals surface area contributed by atoms with Crippen LogP contribution in [0.3, 0.4) is 0 Å². The number of amides is 2. The number of nitrogens with zero attached hydrogens (tertiary/aromatic N) is 1. The number of urea groups is 1. The van der Waals surface area contributed by atoms with Gasteiger partial charge in [0.15, 0.2) is 0 Å². The maximum absolute atomic E-state index is 12.6. The van der Waals surface area contributed by atoms with E-state index in [-0.39, 0.29) is 25.3 Å². The fourth-order valence-electron chi connectivity index (χ4n) is 2.17. The number of likely N-dealkylation sites (tertiary alicyclic amines) is 1. The van der Waals surface area contributed by atoms with E-state index in [0.717, 1.165) is 4.90 Å². The smallest absolute Gasteiger partial charge is 0.393 e. The van der Waals surface area contributed by atoms with E-state index in [1.54, 1.807) is 13.8 Å². The summed E-state index contributed by atoms with van der Waals surface area (Å²) < 4.78 is 37.9. The zero-order valence-electron chi connectivity index (χ0n) is 11.4. The molecule has 2 N–H and O–H groups in total. The highest BCUT2D eigenvalue weighted by Gasteiger charge is 2.43. The molecule has 8 heteroatoms. The van der Waals surface area contributed by atoms with Crippen LogP contribution in [0.2, 0.25) is 0 Å². The van der Waals surface area contributed by atoms with E-state index in [9.17, 15) is 22.8 Å². The van der Waals surface area contributed by atoms with Gasteiger partial charge in [0.1, 0.15) is 6.04 Å². The molecule has 2 amide bonds. The van der Waals surface area contributed by atoms with E-state index in [4.69, 9.17) is 5.11 Å². The molecule has 1 fully saturated rings. The first-order valence-corrected chi connectivity index (χ1v) is 6.48. The minimum Gasteiger partial charge on any atom is -0.480 e. The molecule has 0 radical (unpaired) electrons. The SMILES string of the molecule is CC(C)C(NC(=O)N1CCCC(C(F)(F)F)C1)C(=O)O. The number of rotatable bonds is 3. The average Bonchev–Trinajstić information content (AvgIpc) is 2.34. The summed E-state index contributed by atoms with van der Waals surface area (Å²) in [6.45, 7) is 3.03. The van der Waals surface area contributed by atoms with Gasteiger partial charge in [0.05, 0.1) is 5.92 Å². The lowest BCUT2D eigenvalue weighted by molar-refractivity contribution is -0.184. The Kier molecular flexibility index (Phi) is 5.24. The number of carbonyl (C=O) groups excluding carboxylic acids is 1. The Morgan fingerprint density at radius 1 is 1.35 bits per heavy atom. The number of aliphatic carboxylic acids is 1. The second kappa shape index (κ2) is 6.32. The lowest BCUT2D eigenvalue weighted by atomic mass is 9.98. The molecule has 20 heavy (non-hydrogen) atoms. The van der Waals surface area contributed by atoms with E-state index in [0.29, 0.717) is 0 Å². The van der Waals surface area contributed by atoms with Gasteiger partial charge < -0.3 is 15.3 Å². The van der Waals surface area contributed by atoms with Gasteiger partial charge in [0, 0.05) is 13.1 Å². The summed E-state index contributed by atoms with van der Waals surface area (Å²) in [5.74, 6) is -3.08. The van der Waals surface area contributed by atoms with Gasteiger partial charge in [0.2, 0.25) is 0 Å². The average molecular weight is 296 g/mol. The molecular formula is C12H19F3N2O3. The predicted octanol–water partition coefficient (Wildman–Crippen LogP) is 2.08. The highest BCUT2D eigenvalue weighted by molar-refractivity contribution is 5.82. The number of alkyl halides is 3. The largest absolute Gasteiger partial charge is 0.480 e. The molecule has 0 aliphatic carbocycles. The zero-order chi connectivity index (χ0) is 15.5. The van der Waals surface area contributed by atoms with Crippen LogP contribution in [0.25, 0.3) is 0 Å². The molecule has 2 atom stereocenters. The zero-order valence-corrected chi connectivity index (χ0v) is 11.4. The maximum Gasteiger partial charge on any atom is 0.393 e. The van der Waals surface area contributed by atoms with Crippen molar-refractivity contribution in [2.45, 2.75) is 38.9 Å². The Morgan fingerprint density at radius 2 is 1.95 bits per heavy atom. The van der Waals surface area contributed by atoms with Crippen molar-refractivity contribution in [2.75, 3.05) is 13.1 Å². The van der Waals surface area contributed by atoms with Crippen molar-refractivity contribution < 1.29 is 27.9 Å². The van der Waals surface area contributed by atoms with E-state index < -0.39 is 36.7 Å². The first-order chi connectivity index (χ1) is 9.12. The second-order valence-electron chi connectivity index (χ2n) is 5.34. The lowest BCUT2D eigenvalue weighted by Crippen LogP contribution is -2.53. The van der Waals surface area contributed by atoms with Gasteiger partial charge in [-0.1, -0.05) is 13.8 Å². The predicted molar refractivity (Wildman–Crippen MR) is 65.1 cm³/mol. The molecule has 1 heterocycles. The Hall–Kier alpha value is -1.47. The summed E-state index contributed by atoms with van der Waals surface area (Å²) >= 11 is 0. The first-order valence-electron chi connectivity index (χ1n) is 6.48. The molecule has 0 aromatic rings. The molecule has 0 bridgehead atoms. The molecular weight excluding hydrogens is 277 g/mol. The molecule has 2 unspecified atom stereocenters. The normalized spacial score (nSPS) is 21.7. The fourth-order valence-corrected chi connectivity index (χ4v) is 2.17. The highest BCUT2D eigenvalue weighted by Crippen LogP contribution is 2.33. The van der Waals surface area contributed by atoms with Crippen molar-refractivity contribution >= 4 is 12.0 Å². The second-order valence-corrected chi connectivity index (χ2v) is 5.34. The number of hydrogen-bond donors (Lipinski definition) is 2. The molecule has 1 aliphatic heterocycles. The third-order valence-electron chi connectivity index (χ3n) is 3.38. The standard InChI is InChI=1S/C12H19F3N2O3/c1-7(2)9(10(18)19)16-11(20)17-5-3-4-8(6-17)12(13,14)15/h7-9H,3-6H2,1-2H3,(H,16,20)(H,18,19). The third kappa shape index (κ3) is 4.28. The van der Waals surface area contributed by atoms with Crippen molar-refractivity contribution in [2.24, 2.45) is 11.8 Å². The van der Waals surface area contributed by atoms with E-state index in [2.05, 4.69) is 5.32 Å². The van der Waals surface area contributed by atoms with Crippen molar-refractivity contribution in [3.63, 3.8) is 0 Å². The third-order valence-corrected chi connectivity index (χ3v) is 3.38. The highest BCUT2D eigenvalue weighted by atomic mass is 19.4.